The van der Waals surface area contributed by atoms with Crippen molar-refractivity contribution in [1.82, 2.24) is 5.32 Å². The van der Waals surface area contributed by atoms with Gasteiger partial charge in [0.1, 0.15) is 19.3 Å². The Bertz CT molecular complexity index is 1930. The van der Waals surface area contributed by atoms with Crippen LogP contribution in [0.4, 0.5) is 0 Å². The van der Waals surface area contributed by atoms with E-state index >= 15 is 0 Å². The quantitative estimate of drug-likeness (QED) is 0.0161. The van der Waals surface area contributed by atoms with Crippen molar-refractivity contribution in [2.24, 2.45) is 0 Å². The number of quaternary nitrogens is 1. The lowest BCUT2D eigenvalue weighted by Gasteiger charge is -2.30. The van der Waals surface area contributed by atoms with E-state index < -0.39 is 26.6 Å². The van der Waals surface area contributed by atoms with Crippen LogP contribution in [0.3, 0.4) is 0 Å². The summed E-state index contributed by atoms with van der Waals surface area (Å²) in [6.07, 6.45) is 88.2. The molecule has 0 saturated carbocycles. The molecule has 0 spiro atoms. The van der Waals surface area contributed by atoms with Gasteiger partial charge in [0.15, 0.2) is 0 Å². The van der Waals surface area contributed by atoms with E-state index in [1.165, 1.54) is 103 Å². The number of esters is 1. The third-order valence-corrected chi connectivity index (χ3v) is 14.9. The van der Waals surface area contributed by atoms with Crippen LogP contribution in [0.5, 0.6) is 0 Å². The maximum atomic E-state index is 13.5. The summed E-state index contributed by atoms with van der Waals surface area (Å²) < 4.78 is 30.3. The first kappa shape index (κ1) is 78.9. The Hall–Kier alpha value is -4.11. The SMILES string of the molecule is CC\C=C/C=C/C=C/C=C\C=C\C=C\CCCCCC(=O)NC(COP(=O)([O-])OCC[N+](C)(C)C)C(/C=C\CCCCCCCCCCCCC)OC(=O)CCCCCCCCCCCCC/C=C\C/C=C\C/C=C\C/C=C\C/C=C\CC. The van der Waals surface area contributed by atoms with Gasteiger partial charge in [0.2, 0.25) is 5.91 Å². The van der Waals surface area contributed by atoms with Crippen LogP contribution in [0.25, 0.3) is 0 Å². The summed E-state index contributed by atoms with van der Waals surface area (Å²) in [4.78, 5) is 40.1. The van der Waals surface area contributed by atoms with Crippen molar-refractivity contribution in [3.63, 3.8) is 0 Å². The number of unbranched alkanes of at least 4 members (excludes halogenated alkanes) is 25. The Kier molecular flexibility index (Phi) is 58.0. The molecule has 0 aromatic carbocycles. The molecular weight excluding hydrogens is 1050 g/mol. The van der Waals surface area contributed by atoms with E-state index in [4.69, 9.17) is 13.8 Å². The summed E-state index contributed by atoms with van der Waals surface area (Å²) in [5.74, 6) is -0.604. The zero-order valence-electron chi connectivity index (χ0n) is 53.8. The largest absolute Gasteiger partial charge is 0.756 e. The zero-order valence-corrected chi connectivity index (χ0v) is 54.7. The van der Waals surface area contributed by atoms with Gasteiger partial charge in [-0.1, -0.05) is 289 Å². The Labute approximate surface area is 510 Å². The van der Waals surface area contributed by atoms with E-state index in [9.17, 15) is 19.0 Å². The minimum atomic E-state index is -4.73. The maximum Gasteiger partial charge on any atom is 0.306 e. The fraction of sp³-hybridized carbons (Fsp3) is 0.644. The number of carbonyl (C=O) groups is 2. The van der Waals surface area contributed by atoms with Crippen LogP contribution in [0, 0.1) is 0 Å². The number of hydrogen-bond acceptors (Lipinski definition) is 7. The van der Waals surface area contributed by atoms with Gasteiger partial charge in [-0.25, -0.2) is 0 Å². The topological polar surface area (TPSA) is 114 Å². The molecule has 0 fully saturated rings. The summed E-state index contributed by atoms with van der Waals surface area (Å²) in [5.41, 5.74) is 0. The van der Waals surface area contributed by atoms with Crippen molar-refractivity contribution in [2.45, 2.75) is 264 Å². The zero-order chi connectivity index (χ0) is 60.7. The highest BCUT2D eigenvalue weighted by Gasteiger charge is 2.27. The molecule has 0 aromatic rings. The highest BCUT2D eigenvalue weighted by Crippen LogP contribution is 2.38. The molecule has 0 radical (unpaired) electrons. The van der Waals surface area contributed by atoms with Crippen LogP contribution in [-0.2, 0) is 27.9 Å². The summed E-state index contributed by atoms with van der Waals surface area (Å²) in [6, 6.07) is -0.924. The van der Waals surface area contributed by atoms with E-state index in [0.717, 1.165) is 103 Å². The smallest absolute Gasteiger partial charge is 0.306 e. The number of phosphoric ester groups is 1. The second-order valence-electron chi connectivity index (χ2n) is 23.0. The van der Waals surface area contributed by atoms with Crippen LogP contribution in [0.15, 0.2) is 146 Å². The molecule has 1 N–H and O–H groups in total. The fourth-order valence-electron chi connectivity index (χ4n) is 8.87. The number of hydrogen-bond donors (Lipinski definition) is 1. The molecule has 3 atom stereocenters. The molecule has 472 valence electrons. The second kappa shape index (κ2) is 61.0. The van der Waals surface area contributed by atoms with Crippen LogP contribution in [0.1, 0.15) is 252 Å². The standard InChI is InChI=1S/C73H123N2O7P/c1-7-10-13-16-19-22-25-28-30-32-33-34-35-36-37-38-39-40-41-43-45-48-51-54-57-60-63-66-73(77)82-71(64-61-58-55-52-49-46-27-24-21-18-15-12-9-3)70(69-81-83(78,79)80-68-67-75(4,5)6)74-72(76)65-62-59-56-53-50-47-44-42-31-29-26-23-20-17-14-11-8-2/h10-11,13-14,17,19-20,22-23,26,28-31,33-34,36-37,42,44,47,50,61,64,70-71H,7-9,12,15-16,18,21,24-25,27,32,35,38-41,43,45-46,48-49,51-60,62-63,65-69H2,1-6H3,(H-,74,76,78,79)/b13-10-,14-11-,20-17+,22-19-,26-23+,30-28-,31-29-,34-33-,37-36-,44-42+,50-47+,64-61-. The van der Waals surface area contributed by atoms with E-state index in [1.807, 2.05) is 94.1 Å². The Morgan fingerprint density at radius 2 is 0.831 bits per heavy atom. The Balaban J connectivity index is 5.21. The molecule has 0 aliphatic heterocycles. The molecule has 0 heterocycles. The lowest BCUT2D eigenvalue weighted by molar-refractivity contribution is -0.870. The van der Waals surface area contributed by atoms with Crippen molar-refractivity contribution < 1.29 is 37.3 Å². The number of likely N-dealkylation sites (N-methyl/N-ethyl adjacent to an activating group) is 1. The predicted molar refractivity (Wildman–Crippen MR) is 357 cm³/mol. The van der Waals surface area contributed by atoms with Gasteiger partial charge in [0.05, 0.1) is 33.8 Å². The van der Waals surface area contributed by atoms with Crippen molar-refractivity contribution in [3.8, 4) is 0 Å². The van der Waals surface area contributed by atoms with Gasteiger partial charge in [-0.15, -0.1) is 0 Å². The van der Waals surface area contributed by atoms with E-state index in [0.29, 0.717) is 23.9 Å². The third-order valence-electron chi connectivity index (χ3n) is 13.9. The molecule has 0 rings (SSSR count). The molecule has 0 bridgehead atoms. The summed E-state index contributed by atoms with van der Waals surface area (Å²) in [7, 11) is 1.13. The van der Waals surface area contributed by atoms with Gasteiger partial charge in [-0.2, -0.15) is 0 Å². The molecular formula is C73H123N2O7P. The molecule has 0 aliphatic carbocycles. The van der Waals surface area contributed by atoms with E-state index in [-0.39, 0.29) is 31.3 Å². The first-order valence-corrected chi connectivity index (χ1v) is 34.7. The van der Waals surface area contributed by atoms with Crippen molar-refractivity contribution in [3.05, 3.63) is 146 Å². The minimum absolute atomic E-state index is 0.0399. The number of nitrogens with one attached hydrogen (secondary N) is 1. The minimum Gasteiger partial charge on any atom is -0.756 e. The van der Waals surface area contributed by atoms with Gasteiger partial charge in [0.25, 0.3) is 7.82 Å². The normalized spacial score (nSPS) is 14.5. The molecule has 0 aliphatic rings. The molecule has 9 nitrogen and oxygen atoms in total. The van der Waals surface area contributed by atoms with Crippen LogP contribution < -0.4 is 10.2 Å². The molecule has 3 unspecified atom stereocenters. The number of phosphoric acid groups is 1. The van der Waals surface area contributed by atoms with Crippen LogP contribution >= 0.6 is 7.82 Å². The lowest BCUT2D eigenvalue weighted by atomic mass is 10.0. The average molecular weight is 1170 g/mol. The van der Waals surface area contributed by atoms with Gasteiger partial charge >= 0.3 is 5.97 Å². The Morgan fingerprint density at radius 3 is 1.31 bits per heavy atom. The monoisotopic (exact) mass is 1170 g/mol. The van der Waals surface area contributed by atoms with Gasteiger partial charge in [-0.05, 0) is 96.0 Å². The summed E-state index contributed by atoms with van der Waals surface area (Å²) in [6.45, 7) is 6.54. The molecule has 10 heteroatoms. The lowest BCUT2D eigenvalue weighted by Crippen LogP contribution is -2.47. The number of allylic oxidation sites excluding steroid dienone is 23. The highest BCUT2D eigenvalue weighted by molar-refractivity contribution is 7.45. The first-order valence-electron chi connectivity index (χ1n) is 33.2. The van der Waals surface area contributed by atoms with Gasteiger partial charge in [0, 0.05) is 12.8 Å². The molecule has 0 aromatic heterocycles. The molecule has 0 saturated heterocycles. The van der Waals surface area contributed by atoms with Gasteiger partial charge in [-0.3, -0.25) is 14.2 Å². The van der Waals surface area contributed by atoms with Crippen molar-refractivity contribution in [1.29, 1.82) is 0 Å². The van der Waals surface area contributed by atoms with E-state index in [1.54, 1.807) is 0 Å². The molecule has 83 heavy (non-hydrogen) atoms. The van der Waals surface area contributed by atoms with Crippen LogP contribution in [-0.4, -0.2) is 69.4 Å². The fourth-order valence-corrected chi connectivity index (χ4v) is 9.60. The number of carbonyl (C=O) groups excluding carboxylic acids is 2. The first-order chi connectivity index (χ1) is 40.4. The highest BCUT2D eigenvalue weighted by atomic mass is 31.2. The molecule has 1 amide bonds. The number of ether oxygens (including phenoxy) is 1. The van der Waals surface area contributed by atoms with Crippen molar-refractivity contribution in [2.75, 3.05) is 40.9 Å². The maximum absolute atomic E-state index is 13.5. The summed E-state index contributed by atoms with van der Waals surface area (Å²) in [5, 5.41) is 3.00. The Morgan fingerprint density at radius 1 is 0.446 bits per heavy atom. The number of amides is 1. The average Bonchev–Trinajstić information content (AvgIpc) is 3.46. The third kappa shape index (κ3) is 62.2. The van der Waals surface area contributed by atoms with Crippen LogP contribution in [0.2, 0.25) is 0 Å². The predicted octanol–water partition coefficient (Wildman–Crippen LogP) is 20.4. The summed E-state index contributed by atoms with van der Waals surface area (Å²) >= 11 is 0. The van der Waals surface area contributed by atoms with Gasteiger partial charge < -0.3 is 28.5 Å². The number of rotatable bonds is 58. The van der Waals surface area contributed by atoms with Crippen molar-refractivity contribution >= 4 is 19.7 Å². The second-order valence-corrected chi connectivity index (χ2v) is 24.4. The number of nitrogens with zero attached hydrogens (tertiary/aromatic N) is 1. The van der Waals surface area contributed by atoms with E-state index in [2.05, 4.69) is 99.0 Å².